The van der Waals surface area contributed by atoms with Crippen molar-refractivity contribution < 1.29 is 0 Å². The predicted molar refractivity (Wildman–Crippen MR) is 67.6 cm³/mol. The van der Waals surface area contributed by atoms with Gasteiger partial charge in [-0.25, -0.2) is 9.97 Å². The number of hydrogen-bond acceptors (Lipinski definition) is 2. The molecule has 17 heavy (non-hydrogen) atoms. The zero-order chi connectivity index (χ0) is 11.8. The molecule has 0 bridgehead atoms. The van der Waals surface area contributed by atoms with Crippen LogP contribution in [-0.2, 0) is 6.42 Å². The minimum Gasteiger partial charge on any atom is -0.327 e. The number of imidazole rings is 1. The van der Waals surface area contributed by atoms with E-state index in [4.69, 9.17) is 23.2 Å². The van der Waals surface area contributed by atoms with Crippen LogP contribution in [0.2, 0.25) is 10.3 Å². The van der Waals surface area contributed by atoms with Crippen molar-refractivity contribution in [2.24, 2.45) is 0 Å². The fourth-order valence-electron chi connectivity index (χ4n) is 2.40. The summed E-state index contributed by atoms with van der Waals surface area (Å²) in [4.78, 5) is 8.30. The molecule has 5 heteroatoms. The number of halogens is 2. The third-order valence-electron chi connectivity index (χ3n) is 3.20. The fraction of sp³-hybridized carbons (Fsp3) is 0.333. The Kier molecular flexibility index (Phi) is 2.81. The summed E-state index contributed by atoms with van der Waals surface area (Å²) in [6, 6.07) is 3.98. The zero-order valence-corrected chi connectivity index (χ0v) is 10.6. The fourth-order valence-corrected chi connectivity index (χ4v) is 2.87. The van der Waals surface area contributed by atoms with E-state index in [0.29, 0.717) is 10.3 Å². The summed E-state index contributed by atoms with van der Waals surface area (Å²) in [5.41, 5.74) is 2.28. The molecule has 0 amide bonds. The molecule has 1 unspecified atom stereocenters. The highest BCUT2D eigenvalue weighted by Crippen LogP contribution is 2.33. The lowest BCUT2D eigenvalue weighted by Gasteiger charge is -2.26. The first-order valence-electron chi connectivity index (χ1n) is 5.58. The van der Waals surface area contributed by atoms with Crippen molar-refractivity contribution in [3.63, 3.8) is 0 Å². The summed E-state index contributed by atoms with van der Waals surface area (Å²) < 4.78 is 2.18. The largest absolute Gasteiger partial charge is 0.327 e. The first kappa shape index (κ1) is 11.1. The van der Waals surface area contributed by atoms with Crippen LogP contribution in [0.25, 0.3) is 0 Å². The van der Waals surface area contributed by atoms with Crippen LogP contribution < -0.4 is 0 Å². The number of fused-ring (bicyclic) bond motifs is 1. The van der Waals surface area contributed by atoms with Crippen LogP contribution in [-0.4, -0.2) is 14.5 Å². The van der Waals surface area contributed by atoms with Gasteiger partial charge >= 0.3 is 0 Å². The van der Waals surface area contributed by atoms with Crippen LogP contribution in [0, 0.1) is 0 Å². The van der Waals surface area contributed by atoms with Crippen molar-refractivity contribution in [3.8, 4) is 0 Å². The van der Waals surface area contributed by atoms with Gasteiger partial charge in [0.05, 0.1) is 12.4 Å². The molecule has 1 aliphatic rings. The molecule has 88 valence electrons. The van der Waals surface area contributed by atoms with E-state index in [1.165, 1.54) is 5.69 Å². The van der Waals surface area contributed by atoms with Crippen LogP contribution in [0.5, 0.6) is 0 Å². The van der Waals surface area contributed by atoms with Crippen LogP contribution in [0.1, 0.15) is 30.1 Å². The van der Waals surface area contributed by atoms with Gasteiger partial charge in [-0.15, -0.1) is 0 Å². The van der Waals surface area contributed by atoms with Crippen molar-refractivity contribution in [2.75, 3.05) is 0 Å². The third kappa shape index (κ3) is 1.94. The Morgan fingerprint density at radius 3 is 3.00 bits per heavy atom. The van der Waals surface area contributed by atoms with Gasteiger partial charge in [0.15, 0.2) is 0 Å². The zero-order valence-electron chi connectivity index (χ0n) is 9.11. The summed E-state index contributed by atoms with van der Waals surface area (Å²) in [6.45, 7) is 0. The van der Waals surface area contributed by atoms with Gasteiger partial charge in [-0.05, 0) is 25.3 Å². The summed E-state index contributed by atoms with van der Waals surface area (Å²) in [5.74, 6) is 0. The quantitative estimate of drug-likeness (QED) is 0.741. The van der Waals surface area contributed by atoms with E-state index < -0.39 is 0 Å². The molecule has 3 nitrogen and oxygen atoms in total. The molecule has 0 fully saturated rings. The molecule has 0 aromatic carbocycles. The second kappa shape index (κ2) is 4.31. The van der Waals surface area contributed by atoms with Crippen molar-refractivity contribution in [1.29, 1.82) is 0 Å². The maximum absolute atomic E-state index is 6.17. The first-order valence-corrected chi connectivity index (χ1v) is 6.34. The van der Waals surface area contributed by atoms with E-state index in [-0.39, 0.29) is 6.04 Å². The molecule has 0 spiro atoms. The number of nitrogens with zero attached hydrogens (tertiary/aromatic N) is 3. The van der Waals surface area contributed by atoms with Gasteiger partial charge in [-0.2, -0.15) is 0 Å². The number of pyridine rings is 1. The molecule has 1 atom stereocenters. The van der Waals surface area contributed by atoms with Crippen molar-refractivity contribution in [3.05, 3.63) is 46.2 Å². The molecular weight excluding hydrogens is 257 g/mol. The minimum absolute atomic E-state index is 0.235. The average molecular weight is 268 g/mol. The average Bonchev–Trinajstić information content (AvgIpc) is 2.77. The molecular formula is C12H11Cl2N3. The van der Waals surface area contributed by atoms with Gasteiger partial charge in [0.2, 0.25) is 0 Å². The van der Waals surface area contributed by atoms with E-state index in [1.807, 2.05) is 18.6 Å². The van der Waals surface area contributed by atoms with Crippen LogP contribution in [0.15, 0.2) is 24.7 Å². The Morgan fingerprint density at radius 2 is 2.18 bits per heavy atom. The van der Waals surface area contributed by atoms with E-state index in [0.717, 1.165) is 24.8 Å². The lowest BCUT2D eigenvalue weighted by atomic mass is 9.97. The topological polar surface area (TPSA) is 30.7 Å². The summed E-state index contributed by atoms with van der Waals surface area (Å²) >= 11 is 12.0. The highest BCUT2D eigenvalue weighted by molar-refractivity contribution is 6.32. The highest BCUT2D eigenvalue weighted by Gasteiger charge is 2.23. The SMILES string of the molecule is Clc1ccc(C2CCCc3cncn32)c(Cl)n1. The smallest absolute Gasteiger partial charge is 0.136 e. The van der Waals surface area contributed by atoms with Crippen LogP contribution in [0.3, 0.4) is 0 Å². The van der Waals surface area contributed by atoms with Gasteiger partial charge in [-0.1, -0.05) is 29.3 Å². The van der Waals surface area contributed by atoms with E-state index in [9.17, 15) is 0 Å². The second-order valence-corrected chi connectivity index (χ2v) is 4.96. The normalized spacial score (nSPS) is 19.1. The van der Waals surface area contributed by atoms with E-state index >= 15 is 0 Å². The maximum atomic E-state index is 6.17. The lowest BCUT2D eigenvalue weighted by Crippen LogP contribution is -2.18. The number of aromatic nitrogens is 3. The van der Waals surface area contributed by atoms with Gasteiger partial charge in [0.25, 0.3) is 0 Å². The Labute approximate surface area is 109 Å². The number of rotatable bonds is 1. The predicted octanol–water partition coefficient (Wildman–Crippen LogP) is 3.51. The Bertz CT molecular complexity index is 550. The Morgan fingerprint density at radius 1 is 1.29 bits per heavy atom. The summed E-state index contributed by atoms with van der Waals surface area (Å²) in [5, 5.41) is 0.921. The van der Waals surface area contributed by atoms with E-state index in [1.54, 1.807) is 6.07 Å². The molecule has 0 N–H and O–H groups in total. The van der Waals surface area contributed by atoms with Crippen molar-refractivity contribution in [2.45, 2.75) is 25.3 Å². The molecule has 0 radical (unpaired) electrons. The van der Waals surface area contributed by atoms with E-state index in [2.05, 4.69) is 14.5 Å². The third-order valence-corrected chi connectivity index (χ3v) is 3.71. The Hall–Kier alpha value is -1.06. The molecule has 0 saturated carbocycles. The summed E-state index contributed by atoms with van der Waals surface area (Å²) in [7, 11) is 0. The first-order chi connectivity index (χ1) is 8.25. The van der Waals surface area contributed by atoms with Gasteiger partial charge in [0, 0.05) is 17.5 Å². The van der Waals surface area contributed by atoms with Crippen molar-refractivity contribution >= 4 is 23.2 Å². The van der Waals surface area contributed by atoms with Gasteiger partial charge in [-0.3, -0.25) is 0 Å². The molecule has 1 aliphatic heterocycles. The van der Waals surface area contributed by atoms with Gasteiger partial charge < -0.3 is 4.57 Å². The Balaban J connectivity index is 2.06. The molecule has 2 aromatic heterocycles. The number of hydrogen-bond donors (Lipinski definition) is 0. The maximum Gasteiger partial charge on any atom is 0.136 e. The number of aryl methyl sites for hydroxylation is 1. The highest BCUT2D eigenvalue weighted by atomic mass is 35.5. The van der Waals surface area contributed by atoms with Crippen LogP contribution in [0.4, 0.5) is 0 Å². The van der Waals surface area contributed by atoms with Crippen LogP contribution >= 0.6 is 23.2 Å². The standard InChI is InChI=1S/C12H11Cl2N3/c13-11-5-4-9(12(14)16-11)10-3-1-2-8-6-15-7-17(8)10/h4-7,10H,1-3H2. The molecule has 3 rings (SSSR count). The minimum atomic E-state index is 0.235. The van der Waals surface area contributed by atoms with Crippen molar-refractivity contribution in [1.82, 2.24) is 14.5 Å². The monoisotopic (exact) mass is 267 g/mol. The molecule has 0 saturated heterocycles. The molecule has 2 aromatic rings. The van der Waals surface area contributed by atoms with Gasteiger partial charge in [0.1, 0.15) is 10.3 Å². The second-order valence-electron chi connectivity index (χ2n) is 4.21. The lowest BCUT2D eigenvalue weighted by molar-refractivity contribution is 0.457. The summed E-state index contributed by atoms with van der Waals surface area (Å²) in [6.07, 6.45) is 7.07. The molecule has 0 aliphatic carbocycles. The molecule has 3 heterocycles.